The molecule has 0 spiro atoms. The second kappa shape index (κ2) is 7.27. The maximum absolute atomic E-state index is 12.0. The zero-order valence-corrected chi connectivity index (χ0v) is 12.1. The van der Waals surface area contributed by atoms with Gasteiger partial charge < -0.3 is 11.1 Å². The van der Waals surface area contributed by atoms with E-state index in [1.54, 1.807) is 0 Å². The highest BCUT2D eigenvalue weighted by Gasteiger charge is 2.30. The van der Waals surface area contributed by atoms with Gasteiger partial charge in [0.2, 0.25) is 5.91 Å². The van der Waals surface area contributed by atoms with Gasteiger partial charge >= 0.3 is 0 Å². The summed E-state index contributed by atoms with van der Waals surface area (Å²) >= 11 is 1.96. The van der Waals surface area contributed by atoms with Crippen LogP contribution >= 0.6 is 11.8 Å². The molecular weight excluding hydrogens is 232 g/mol. The second-order valence-corrected chi connectivity index (χ2v) is 6.47. The third-order valence-electron chi connectivity index (χ3n) is 3.72. The minimum absolute atomic E-state index is 0.0351. The number of rotatable bonds is 6. The lowest BCUT2D eigenvalue weighted by Crippen LogP contribution is -2.49. The molecule has 0 aliphatic heterocycles. The van der Waals surface area contributed by atoms with Gasteiger partial charge in [0.05, 0.1) is 6.04 Å². The molecule has 4 atom stereocenters. The van der Waals surface area contributed by atoms with E-state index in [1.165, 1.54) is 12.8 Å². The lowest BCUT2D eigenvalue weighted by Gasteiger charge is -2.24. The highest BCUT2D eigenvalue weighted by atomic mass is 32.2. The highest BCUT2D eigenvalue weighted by Crippen LogP contribution is 2.29. The van der Waals surface area contributed by atoms with Crippen LogP contribution in [0.15, 0.2) is 0 Å². The van der Waals surface area contributed by atoms with Gasteiger partial charge in [0.15, 0.2) is 0 Å². The van der Waals surface area contributed by atoms with Crippen LogP contribution in [0.5, 0.6) is 0 Å². The molecule has 4 heteroatoms. The van der Waals surface area contributed by atoms with E-state index in [0.717, 1.165) is 18.6 Å². The van der Waals surface area contributed by atoms with E-state index in [4.69, 9.17) is 5.73 Å². The van der Waals surface area contributed by atoms with Gasteiger partial charge in [-0.3, -0.25) is 4.79 Å². The summed E-state index contributed by atoms with van der Waals surface area (Å²) in [4.78, 5) is 12.0. The lowest BCUT2D eigenvalue weighted by atomic mass is 9.99. The smallest absolute Gasteiger partial charge is 0.237 e. The Morgan fingerprint density at radius 1 is 1.47 bits per heavy atom. The molecule has 17 heavy (non-hydrogen) atoms. The van der Waals surface area contributed by atoms with Gasteiger partial charge in [-0.25, -0.2) is 0 Å². The van der Waals surface area contributed by atoms with E-state index < -0.39 is 0 Å². The number of thioether (sulfide) groups is 1. The van der Waals surface area contributed by atoms with Crippen LogP contribution in [-0.2, 0) is 4.79 Å². The van der Waals surface area contributed by atoms with Crippen molar-refractivity contribution in [1.29, 1.82) is 0 Å². The van der Waals surface area contributed by atoms with Crippen molar-refractivity contribution in [2.45, 2.75) is 63.8 Å². The lowest BCUT2D eigenvalue weighted by molar-refractivity contribution is -0.124. The summed E-state index contributed by atoms with van der Waals surface area (Å²) in [5, 5.41) is 3.73. The van der Waals surface area contributed by atoms with Crippen molar-refractivity contribution in [2.75, 3.05) is 5.75 Å². The summed E-state index contributed by atoms with van der Waals surface area (Å²) in [5.74, 6) is 1.41. The first kappa shape index (κ1) is 14.8. The molecule has 1 amide bonds. The molecule has 3 unspecified atom stereocenters. The van der Waals surface area contributed by atoms with Gasteiger partial charge in [0, 0.05) is 11.3 Å². The Hall–Kier alpha value is -0.220. The van der Waals surface area contributed by atoms with Crippen molar-refractivity contribution in [1.82, 2.24) is 5.32 Å². The average Bonchev–Trinajstić information content (AvgIpc) is 2.75. The SMILES string of the molecule is CCSC1CCCC1NC(=O)[C@@H](N)C(C)CC. The third kappa shape index (κ3) is 4.18. The molecule has 1 fully saturated rings. The van der Waals surface area contributed by atoms with Crippen LogP contribution in [0.3, 0.4) is 0 Å². The normalized spacial score (nSPS) is 27.8. The van der Waals surface area contributed by atoms with E-state index in [1.807, 2.05) is 18.7 Å². The summed E-state index contributed by atoms with van der Waals surface area (Å²) in [6.45, 7) is 6.28. The molecule has 0 aromatic rings. The van der Waals surface area contributed by atoms with Crippen LogP contribution in [0.1, 0.15) is 46.5 Å². The molecule has 0 aromatic heterocycles. The topological polar surface area (TPSA) is 55.1 Å². The van der Waals surface area contributed by atoms with Crippen LogP contribution < -0.4 is 11.1 Å². The van der Waals surface area contributed by atoms with Crippen LogP contribution in [0.2, 0.25) is 0 Å². The van der Waals surface area contributed by atoms with Crippen molar-refractivity contribution < 1.29 is 4.79 Å². The van der Waals surface area contributed by atoms with Crippen molar-refractivity contribution in [3.8, 4) is 0 Å². The predicted molar refractivity (Wildman–Crippen MR) is 75.1 cm³/mol. The Balaban J connectivity index is 2.44. The zero-order valence-electron chi connectivity index (χ0n) is 11.2. The Morgan fingerprint density at radius 2 is 2.18 bits per heavy atom. The third-order valence-corrected chi connectivity index (χ3v) is 5.05. The Labute approximate surface area is 109 Å². The minimum Gasteiger partial charge on any atom is -0.351 e. The summed E-state index contributed by atoms with van der Waals surface area (Å²) in [6.07, 6.45) is 4.51. The van der Waals surface area contributed by atoms with E-state index >= 15 is 0 Å². The molecule has 0 saturated heterocycles. The van der Waals surface area contributed by atoms with Crippen molar-refractivity contribution in [2.24, 2.45) is 11.7 Å². The fourth-order valence-electron chi connectivity index (χ4n) is 2.30. The summed E-state index contributed by atoms with van der Waals surface area (Å²) < 4.78 is 0. The fraction of sp³-hybridized carbons (Fsp3) is 0.923. The van der Waals surface area contributed by atoms with Gasteiger partial charge in [-0.15, -0.1) is 0 Å². The average molecular weight is 258 g/mol. The Bertz CT molecular complexity index is 248. The first-order chi connectivity index (χ1) is 8.10. The maximum atomic E-state index is 12.0. The number of amides is 1. The summed E-state index contributed by atoms with van der Waals surface area (Å²) in [5.41, 5.74) is 5.95. The van der Waals surface area contributed by atoms with Gasteiger partial charge in [-0.2, -0.15) is 11.8 Å². The van der Waals surface area contributed by atoms with Crippen molar-refractivity contribution in [3.63, 3.8) is 0 Å². The molecule has 0 aromatic carbocycles. The van der Waals surface area contributed by atoms with Crippen molar-refractivity contribution in [3.05, 3.63) is 0 Å². The number of hydrogen-bond donors (Lipinski definition) is 2. The Morgan fingerprint density at radius 3 is 2.76 bits per heavy atom. The van der Waals surface area contributed by atoms with Gasteiger partial charge in [-0.05, 0) is 24.5 Å². The van der Waals surface area contributed by atoms with Gasteiger partial charge in [0.25, 0.3) is 0 Å². The molecule has 0 heterocycles. The predicted octanol–water partition coefficient (Wildman–Crippen LogP) is 2.15. The monoisotopic (exact) mass is 258 g/mol. The van der Waals surface area contributed by atoms with Gasteiger partial charge in [0.1, 0.15) is 0 Å². The standard InChI is InChI=1S/C13H26N2OS/c1-4-9(3)12(14)13(16)15-10-7-6-8-11(10)17-5-2/h9-12H,4-8,14H2,1-3H3,(H,15,16)/t9?,10?,11?,12-/m0/s1. The second-order valence-electron chi connectivity index (χ2n) is 4.95. The number of carbonyl (C=O) groups is 1. The van der Waals surface area contributed by atoms with Crippen LogP contribution in [-0.4, -0.2) is 29.0 Å². The summed E-state index contributed by atoms with van der Waals surface area (Å²) in [6, 6.07) is -0.0181. The maximum Gasteiger partial charge on any atom is 0.237 e. The van der Waals surface area contributed by atoms with Crippen molar-refractivity contribution >= 4 is 17.7 Å². The van der Waals surface area contributed by atoms with Crippen LogP contribution in [0.4, 0.5) is 0 Å². The summed E-state index contributed by atoms with van der Waals surface area (Å²) in [7, 11) is 0. The van der Waals surface area contributed by atoms with Crippen LogP contribution in [0, 0.1) is 5.92 Å². The van der Waals surface area contributed by atoms with E-state index in [-0.39, 0.29) is 17.9 Å². The molecule has 0 radical (unpaired) electrons. The molecule has 1 aliphatic carbocycles. The molecule has 100 valence electrons. The molecule has 1 rings (SSSR count). The number of hydrogen-bond acceptors (Lipinski definition) is 3. The number of carbonyl (C=O) groups excluding carboxylic acids is 1. The Kier molecular flexibility index (Phi) is 6.34. The molecular formula is C13H26N2OS. The quantitative estimate of drug-likeness (QED) is 0.767. The first-order valence-electron chi connectivity index (χ1n) is 6.77. The largest absolute Gasteiger partial charge is 0.351 e. The number of nitrogens with two attached hydrogens (primary N) is 1. The molecule has 0 bridgehead atoms. The van der Waals surface area contributed by atoms with Gasteiger partial charge in [-0.1, -0.05) is 33.6 Å². The molecule has 3 N–H and O–H groups in total. The zero-order chi connectivity index (χ0) is 12.8. The fourth-order valence-corrected chi connectivity index (χ4v) is 3.49. The molecule has 1 aliphatic rings. The first-order valence-corrected chi connectivity index (χ1v) is 7.82. The highest BCUT2D eigenvalue weighted by molar-refractivity contribution is 7.99. The molecule has 3 nitrogen and oxygen atoms in total. The van der Waals surface area contributed by atoms with E-state index in [0.29, 0.717) is 11.3 Å². The molecule has 1 saturated carbocycles. The van der Waals surface area contributed by atoms with E-state index in [9.17, 15) is 4.79 Å². The van der Waals surface area contributed by atoms with E-state index in [2.05, 4.69) is 19.2 Å². The number of nitrogens with one attached hydrogen (secondary N) is 1. The van der Waals surface area contributed by atoms with Crippen LogP contribution in [0.25, 0.3) is 0 Å². The minimum atomic E-state index is -0.354.